The fourth-order valence-corrected chi connectivity index (χ4v) is 5.21. The molecule has 200 valence electrons. The van der Waals surface area contributed by atoms with Crippen LogP contribution < -0.4 is 25.8 Å². The van der Waals surface area contributed by atoms with Gasteiger partial charge in [0.1, 0.15) is 18.9 Å². The average Bonchev–Trinajstić information content (AvgIpc) is 3.60. The average molecular weight is 537 g/mol. The van der Waals surface area contributed by atoms with Crippen LogP contribution in [0, 0.1) is 0 Å². The van der Waals surface area contributed by atoms with Crippen molar-refractivity contribution < 1.29 is 19.1 Å². The Kier molecular flexibility index (Phi) is 8.25. The number of thiophene rings is 1. The zero-order chi connectivity index (χ0) is 26.3. The van der Waals surface area contributed by atoms with Crippen molar-refractivity contribution in [1.82, 2.24) is 14.8 Å². The third-order valence-electron chi connectivity index (χ3n) is 6.55. The normalized spacial score (nSPS) is 14.7. The van der Waals surface area contributed by atoms with Gasteiger partial charge in [-0.05, 0) is 62.7 Å². The molecule has 1 saturated heterocycles. The lowest BCUT2D eigenvalue weighted by molar-refractivity contribution is 0.102. The van der Waals surface area contributed by atoms with Gasteiger partial charge in [0.15, 0.2) is 11.5 Å². The summed E-state index contributed by atoms with van der Waals surface area (Å²) in [5.74, 6) is 0.964. The molecule has 38 heavy (non-hydrogen) atoms. The molecule has 0 aliphatic carbocycles. The van der Waals surface area contributed by atoms with E-state index in [1.807, 2.05) is 12.1 Å². The maximum absolute atomic E-state index is 13.3. The first kappa shape index (κ1) is 25.8. The van der Waals surface area contributed by atoms with Crippen molar-refractivity contribution in [2.24, 2.45) is 0 Å². The number of amides is 3. The molecule has 2 aliphatic rings. The molecular formula is C27H32N6O4S. The molecule has 0 spiro atoms. The molecule has 10 nitrogen and oxygen atoms in total. The van der Waals surface area contributed by atoms with E-state index in [0.29, 0.717) is 54.9 Å². The first-order valence-corrected chi connectivity index (χ1v) is 13.8. The van der Waals surface area contributed by atoms with Gasteiger partial charge in [-0.3, -0.25) is 9.78 Å². The van der Waals surface area contributed by atoms with Gasteiger partial charge < -0.3 is 35.6 Å². The molecule has 0 bridgehead atoms. The van der Waals surface area contributed by atoms with E-state index in [1.54, 1.807) is 40.1 Å². The van der Waals surface area contributed by atoms with E-state index in [0.717, 1.165) is 31.6 Å². The number of ether oxygens (including phenoxy) is 2. The van der Waals surface area contributed by atoms with Crippen molar-refractivity contribution >= 4 is 40.3 Å². The minimum absolute atomic E-state index is 0.210. The highest BCUT2D eigenvalue weighted by atomic mass is 32.1. The Balaban J connectivity index is 1.24. The zero-order valence-corrected chi connectivity index (χ0v) is 22.0. The van der Waals surface area contributed by atoms with E-state index in [-0.39, 0.29) is 17.6 Å². The molecule has 2 aliphatic heterocycles. The Hall–Kier alpha value is -3.83. The Morgan fingerprint density at radius 1 is 1.05 bits per heavy atom. The van der Waals surface area contributed by atoms with E-state index in [4.69, 9.17) is 15.2 Å². The van der Waals surface area contributed by atoms with Gasteiger partial charge in [0.2, 0.25) is 0 Å². The topological polar surface area (TPSA) is 122 Å². The fraction of sp³-hybridized carbons (Fsp3) is 0.370. The number of hydrogen-bond donors (Lipinski definition) is 3. The van der Waals surface area contributed by atoms with Crippen molar-refractivity contribution in [2.75, 3.05) is 55.8 Å². The van der Waals surface area contributed by atoms with Crippen molar-refractivity contribution in [3.8, 4) is 11.5 Å². The quantitative estimate of drug-likeness (QED) is 0.373. The lowest BCUT2D eigenvalue weighted by Gasteiger charge is -2.25. The van der Waals surface area contributed by atoms with E-state index in [2.05, 4.69) is 20.5 Å². The van der Waals surface area contributed by atoms with Crippen LogP contribution in [0.2, 0.25) is 0 Å². The summed E-state index contributed by atoms with van der Waals surface area (Å²) in [6.07, 6.45) is 4.97. The molecule has 0 saturated carbocycles. The Morgan fingerprint density at radius 3 is 2.61 bits per heavy atom. The summed E-state index contributed by atoms with van der Waals surface area (Å²) in [7, 11) is 0. The Labute approximate surface area is 225 Å². The predicted octanol–water partition coefficient (Wildman–Crippen LogP) is 4.27. The molecule has 3 amide bonds. The molecule has 1 aromatic carbocycles. The Bertz CT molecular complexity index is 1260. The van der Waals surface area contributed by atoms with Crippen LogP contribution >= 0.6 is 11.3 Å². The minimum Gasteiger partial charge on any atom is -0.486 e. The highest BCUT2D eigenvalue weighted by Gasteiger charge is 2.19. The second-order valence-corrected chi connectivity index (χ2v) is 10.1. The van der Waals surface area contributed by atoms with Crippen LogP contribution in [0.3, 0.4) is 0 Å². The van der Waals surface area contributed by atoms with E-state index in [9.17, 15) is 9.59 Å². The van der Waals surface area contributed by atoms with Crippen LogP contribution in [0.15, 0.2) is 47.3 Å². The summed E-state index contributed by atoms with van der Waals surface area (Å²) in [6, 6.07) is 8.67. The number of pyridine rings is 1. The number of rotatable bonds is 9. The maximum atomic E-state index is 13.3. The molecule has 2 aromatic heterocycles. The molecule has 0 atom stereocenters. The molecular weight excluding hydrogens is 504 g/mol. The standard InChI is InChI=1S/C27H32N6O4S/c28-21-17-38-18-23(21)31-26(34)22-6-4-19(15-29-22)16-33(11-3-10-32-8-1-2-9-32)27(35)30-20-5-7-24-25(14-20)37-13-12-36-24/h4-7,14-15,17-18H,1-3,8-13,16,28H2,(H,30,35)(H,31,34). The molecule has 11 heteroatoms. The van der Waals surface area contributed by atoms with Gasteiger partial charge in [-0.15, -0.1) is 11.3 Å². The second kappa shape index (κ2) is 12.1. The number of nitrogen functional groups attached to an aromatic ring is 1. The van der Waals surface area contributed by atoms with Crippen LogP contribution in [-0.2, 0) is 6.54 Å². The first-order valence-electron chi connectivity index (χ1n) is 12.8. The summed E-state index contributed by atoms with van der Waals surface area (Å²) in [4.78, 5) is 34.4. The number of hydrogen-bond acceptors (Lipinski definition) is 8. The molecule has 4 heterocycles. The van der Waals surface area contributed by atoms with E-state index in [1.165, 1.54) is 24.2 Å². The van der Waals surface area contributed by atoms with Crippen molar-refractivity contribution in [2.45, 2.75) is 25.8 Å². The van der Waals surface area contributed by atoms with Gasteiger partial charge in [0.25, 0.3) is 5.91 Å². The molecule has 4 N–H and O–H groups in total. The number of likely N-dealkylation sites (tertiary alicyclic amines) is 1. The maximum Gasteiger partial charge on any atom is 0.322 e. The van der Waals surface area contributed by atoms with Crippen LogP contribution in [0.4, 0.5) is 21.9 Å². The number of urea groups is 1. The largest absolute Gasteiger partial charge is 0.486 e. The highest BCUT2D eigenvalue weighted by molar-refractivity contribution is 7.09. The number of carbonyl (C=O) groups is 2. The van der Waals surface area contributed by atoms with Gasteiger partial charge in [0.05, 0.1) is 11.4 Å². The van der Waals surface area contributed by atoms with Crippen LogP contribution in [-0.4, -0.2) is 66.1 Å². The van der Waals surface area contributed by atoms with Gasteiger partial charge >= 0.3 is 6.03 Å². The molecule has 0 radical (unpaired) electrons. The van der Waals surface area contributed by atoms with Gasteiger partial charge in [0, 0.05) is 41.8 Å². The van der Waals surface area contributed by atoms with Crippen molar-refractivity contribution in [3.63, 3.8) is 0 Å². The Morgan fingerprint density at radius 2 is 1.87 bits per heavy atom. The SMILES string of the molecule is Nc1cscc1NC(=O)c1ccc(CN(CCCN2CCCC2)C(=O)Nc2ccc3c(c2)OCCO3)cn1. The second-order valence-electron chi connectivity index (χ2n) is 9.36. The third kappa shape index (κ3) is 6.53. The molecule has 3 aromatic rings. The molecule has 1 fully saturated rings. The number of fused-ring (bicyclic) bond motifs is 1. The summed E-state index contributed by atoms with van der Waals surface area (Å²) in [6.45, 7) is 5.14. The highest BCUT2D eigenvalue weighted by Crippen LogP contribution is 2.32. The summed E-state index contributed by atoms with van der Waals surface area (Å²) in [5.41, 5.74) is 8.70. The lowest BCUT2D eigenvalue weighted by atomic mass is 10.2. The first-order chi connectivity index (χ1) is 18.5. The zero-order valence-electron chi connectivity index (χ0n) is 21.2. The van der Waals surface area contributed by atoms with Crippen LogP contribution in [0.5, 0.6) is 11.5 Å². The number of carbonyl (C=O) groups excluding carboxylic acids is 2. The summed E-state index contributed by atoms with van der Waals surface area (Å²) in [5, 5.41) is 9.31. The monoisotopic (exact) mass is 536 g/mol. The fourth-order valence-electron chi connectivity index (χ4n) is 4.54. The molecule has 5 rings (SSSR count). The number of aromatic nitrogens is 1. The number of nitrogens with two attached hydrogens (primary N) is 1. The number of nitrogens with one attached hydrogen (secondary N) is 2. The predicted molar refractivity (Wildman–Crippen MR) is 148 cm³/mol. The van der Waals surface area contributed by atoms with Crippen LogP contribution in [0.25, 0.3) is 0 Å². The van der Waals surface area contributed by atoms with Crippen molar-refractivity contribution in [3.05, 3.63) is 58.5 Å². The smallest absolute Gasteiger partial charge is 0.322 e. The molecule has 0 unspecified atom stereocenters. The van der Waals surface area contributed by atoms with Crippen LogP contribution in [0.1, 0.15) is 35.3 Å². The minimum atomic E-state index is -0.333. The van der Waals surface area contributed by atoms with Gasteiger partial charge in [-0.1, -0.05) is 6.07 Å². The number of benzene rings is 1. The number of nitrogens with zero attached hydrogens (tertiary/aromatic N) is 3. The van der Waals surface area contributed by atoms with Gasteiger partial charge in [-0.2, -0.15) is 0 Å². The third-order valence-corrected chi connectivity index (χ3v) is 7.31. The summed E-state index contributed by atoms with van der Waals surface area (Å²) < 4.78 is 11.2. The van der Waals surface area contributed by atoms with E-state index >= 15 is 0 Å². The van der Waals surface area contributed by atoms with Crippen molar-refractivity contribution in [1.29, 1.82) is 0 Å². The van der Waals surface area contributed by atoms with Gasteiger partial charge in [-0.25, -0.2) is 4.79 Å². The summed E-state index contributed by atoms with van der Waals surface area (Å²) >= 11 is 1.42. The number of anilines is 3. The van der Waals surface area contributed by atoms with E-state index < -0.39 is 0 Å². The lowest BCUT2D eigenvalue weighted by Crippen LogP contribution is -2.36.